The Morgan fingerprint density at radius 2 is 2.00 bits per heavy atom. The first-order valence-corrected chi connectivity index (χ1v) is 9.49. The van der Waals surface area contributed by atoms with Crippen LogP contribution in [-0.2, 0) is 0 Å². The Labute approximate surface area is 148 Å². The van der Waals surface area contributed by atoms with Crippen LogP contribution in [0, 0.1) is 5.92 Å². The van der Waals surface area contributed by atoms with E-state index in [4.69, 9.17) is 0 Å². The molecule has 1 nitrogen and oxygen atoms in total. The first-order valence-electron chi connectivity index (χ1n) is 8.44. The zero-order chi connectivity index (χ0) is 17.5. The van der Waals surface area contributed by atoms with E-state index in [-0.39, 0.29) is 0 Å². The summed E-state index contributed by atoms with van der Waals surface area (Å²) >= 11 is 1.75. The summed E-state index contributed by atoms with van der Waals surface area (Å²) in [6.07, 6.45) is 11.1. The molecule has 0 saturated carbocycles. The van der Waals surface area contributed by atoms with Gasteiger partial charge in [0.15, 0.2) is 0 Å². The van der Waals surface area contributed by atoms with E-state index in [2.05, 4.69) is 51.2 Å². The second-order valence-corrected chi connectivity index (χ2v) is 6.66. The Bertz CT molecular complexity index is 443. The van der Waals surface area contributed by atoms with E-state index in [1.807, 2.05) is 17.7 Å². The van der Waals surface area contributed by atoms with Gasteiger partial charge in [0.05, 0.1) is 5.55 Å². The van der Waals surface area contributed by atoms with E-state index >= 15 is 0 Å². The number of aliphatic imine (C=N–C) groups is 1. The normalized spacial score (nSPS) is 13.0. The first-order chi connectivity index (χ1) is 11.1. The topological polar surface area (TPSA) is 12.4 Å². The minimum absolute atomic E-state index is 0.437. The van der Waals surface area contributed by atoms with Crippen molar-refractivity contribution in [2.45, 2.75) is 46.0 Å². The van der Waals surface area contributed by atoms with Crippen LogP contribution in [0.2, 0.25) is 0 Å². The second-order valence-electron chi connectivity index (χ2n) is 5.71. The molecule has 0 aliphatic carbocycles. The number of hydrogen-bond donors (Lipinski definition) is 0. The van der Waals surface area contributed by atoms with Gasteiger partial charge in [0.1, 0.15) is 0 Å². The molecule has 0 fully saturated rings. The van der Waals surface area contributed by atoms with Gasteiger partial charge in [-0.15, -0.1) is 18.3 Å². The fourth-order valence-corrected chi connectivity index (χ4v) is 2.84. The summed E-state index contributed by atoms with van der Waals surface area (Å²) in [5, 5.41) is 0. The Balaban J connectivity index is 4.20. The first kappa shape index (κ1) is 21.7. The SMILES string of the molecule is C=C/C=C(/CCC/N=C\SCCC=C)CC(C)C(=C)C(=C)CC. The van der Waals surface area contributed by atoms with E-state index in [1.165, 1.54) is 11.1 Å². The Morgan fingerprint density at radius 1 is 1.26 bits per heavy atom. The van der Waals surface area contributed by atoms with Gasteiger partial charge in [-0.05, 0) is 43.6 Å². The maximum absolute atomic E-state index is 4.45. The van der Waals surface area contributed by atoms with Crippen molar-refractivity contribution in [1.29, 1.82) is 0 Å². The van der Waals surface area contributed by atoms with Crippen LogP contribution >= 0.6 is 11.8 Å². The van der Waals surface area contributed by atoms with Gasteiger partial charge in [0, 0.05) is 12.3 Å². The van der Waals surface area contributed by atoms with Crippen molar-refractivity contribution in [2.75, 3.05) is 12.3 Å². The van der Waals surface area contributed by atoms with Crippen LogP contribution in [0.3, 0.4) is 0 Å². The minimum atomic E-state index is 0.437. The molecule has 0 heterocycles. The van der Waals surface area contributed by atoms with Gasteiger partial charge in [-0.2, -0.15) is 0 Å². The van der Waals surface area contributed by atoms with E-state index in [9.17, 15) is 0 Å². The summed E-state index contributed by atoms with van der Waals surface area (Å²) in [5.41, 5.74) is 5.73. The molecule has 128 valence electrons. The molecule has 0 amide bonds. The smallest absolute Gasteiger partial charge is 0.0541 e. The predicted molar refractivity (Wildman–Crippen MR) is 110 cm³/mol. The van der Waals surface area contributed by atoms with Gasteiger partial charge in [0.25, 0.3) is 0 Å². The number of rotatable bonds is 14. The summed E-state index contributed by atoms with van der Waals surface area (Å²) in [6, 6.07) is 0. The molecular weight excluding hydrogens is 298 g/mol. The summed E-state index contributed by atoms with van der Waals surface area (Å²) in [6.45, 7) is 21.1. The summed E-state index contributed by atoms with van der Waals surface area (Å²) < 4.78 is 0. The number of nitrogens with zero attached hydrogens (tertiary/aromatic N) is 1. The summed E-state index contributed by atoms with van der Waals surface area (Å²) in [7, 11) is 0. The Morgan fingerprint density at radius 3 is 2.61 bits per heavy atom. The van der Waals surface area contributed by atoms with E-state index in [1.54, 1.807) is 11.8 Å². The third-order valence-electron chi connectivity index (χ3n) is 3.77. The van der Waals surface area contributed by atoms with Crippen molar-refractivity contribution < 1.29 is 0 Å². The summed E-state index contributed by atoms with van der Waals surface area (Å²) in [5.74, 6) is 1.50. The number of allylic oxidation sites excluding steroid dienone is 6. The highest BCUT2D eigenvalue weighted by atomic mass is 32.2. The van der Waals surface area contributed by atoms with Crippen LogP contribution in [0.15, 0.2) is 66.3 Å². The van der Waals surface area contributed by atoms with Crippen molar-refractivity contribution in [1.82, 2.24) is 0 Å². The van der Waals surface area contributed by atoms with E-state index in [0.29, 0.717) is 5.92 Å². The van der Waals surface area contributed by atoms with Crippen LogP contribution in [0.1, 0.15) is 46.0 Å². The molecule has 1 unspecified atom stereocenters. The van der Waals surface area contributed by atoms with Gasteiger partial charge >= 0.3 is 0 Å². The van der Waals surface area contributed by atoms with Crippen molar-refractivity contribution in [3.8, 4) is 0 Å². The highest BCUT2D eigenvalue weighted by Crippen LogP contribution is 2.26. The van der Waals surface area contributed by atoms with Gasteiger partial charge < -0.3 is 0 Å². The average molecular weight is 332 g/mol. The molecule has 2 heteroatoms. The molecule has 0 aromatic carbocycles. The Kier molecular flexibility index (Phi) is 13.5. The van der Waals surface area contributed by atoms with Gasteiger partial charge in [0.2, 0.25) is 0 Å². The fraction of sp³-hybridized carbons (Fsp3) is 0.476. The molecule has 0 aliphatic heterocycles. The molecule has 23 heavy (non-hydrogen) atoms. The third-order valence-corrected chi connectivity index (χ3v) is 4.54. The molecule has 0 aromatic rings. The maximum atomic E-state index is 4.45. The predicted octanol–water partition coefficient (Wildman–Crippen LogP) is 6.77. The minimum Gasteiger partial charge on any atom is -0.286 e. The largest absolute Gasteiger partial charge is 0.286 e. The Hall–Kier alpha value is -1.28. The number of hydrogen-bond acceptors (Lipinski definition) is 2. The van der Waals surface area contributed by atoms with Crippen LogP contribution in [0.25, 0.3) is 0 Å². The molecule has 0 aliphatic rings. The van der Waals surface area contributed by atoms with Gasteiger partial charge in [-0.3, -0.25) is 4.99 Å². The van der Waals surface area contributed by atoms with Crippen LogP contribution in [0.4, 0.5) is 0 Å². The fourth-order valence-electron chi connectivity index (χ4n) is 2.22. The maximum Gasteiger partial charge on any atom is 0.0541 e. The molecule has 0 saturated heterocycles. The van der Waals surface area contributed by atoms with Crippen LogP contribution < -0.4 is 0 Å². The molecule has 0 radical (unpaired) electrons. The third kappa shape index (κ3) is 11.0. The zero-order valence-corrected chi connectivity index (χ0v) is 15.8. The zero-order valence-electron chi connectivity index (χ0n) is 15.0. The molecule has 0 N–H and O–H groups in total. The lowest BCUT2D eigenvalue weighted by molar-refractivity contribution is 0.646. The second kappa shape index (κ2) is 14.3. The van der Waals surface area contributed by atoms with Gasteiger partial charge in [-0.1, -0.05) is 63.0 Å². The van der Waals surface area contributed by atoms with Crippen LogP contribution in [-0.4, -0.2) is 17.8 Å². The van der Waals surface area contributed by atoms with E-state index < -0.39 is 0 Å². The van der Waals surface area contributed by atoms with Crippen LogP contribution in [0.5, 0.6) is 0 Å². The quantitative estimate of drug-likeness (QED) is 0.112. The highest BCUT2D eigenvalue weighted by Gasteiger charge is 2.11. The molecule has 0 spiro atoms. The van der Waals surface area contributed by atoms with E-state index in [0.717, 1.165) is 50.0 Å². The van der Waals surface area contributed by atoms with Crippen molar-refractivity contribution in [3.63, 3.8) is 0 Å². The van der Waals surface area contributed by atoms with Gasteiger partial charge in [-0.25, -0.2) is 0 Å². The molecule has 1 atom stereocenters. The summed E-state index contributed by atoms with van der Waals surface area (Å²) in [4.78, 5) is 4.45. The lowest BCUT2D eigenvalue weighted by Gasteiger charge is -2.18. The lowest BCUT2D eigenvalue weighted by Crippen LogP contribution is -2.03. The monoisotopic (exact) mass is 331 g/mol. The molecule has 0 aromatic heterocycles. The standard InChI is InChI=1S/C21H33NS/c1-7-10-15-23-17-22-14-11-13-21(12-8-2)16-19(5)20(6)18(4)9-3/h7-8,12,17,19H,1-2,4,6,9-11,13-16H2,3,5H3/b21-12-,22-17-. The molecule has 0 rings (SSSR count). The highest BCUT2D eigenvalue weighted by molar-refractivity contribution is 8.12. The van der Waals surface area contributed by atoms with Crippen molar-refractivity contribution in [3.05, 3.63) is 61.3 Å². The van der Waals surface area contributed by atoms with Crippen molar-refractivity contribution >= 4 is 17.3 Å². The number of thioether (sulfide) groups is 1. The molecular formula is C21H33NS. The lowest BCUT2D eigenvalue weighted by atomic mass is 9.88. The molecule has 0 bridgehead atoms. The average Bonchev–Trinajstić information content (AvgIpc) is 2.55. The van der Waals surface area contributed by atoms with Crippen molar-refractivity contribution in [2.24, 2.45) is 10.9 Å².